The van der Waals surface area contributed by atoms with E-state index in [0.717, 1.165) is 6.42 Å². The SMILES string of the molecule is CCc1cccc(CN)c1C.Cl. The van der Waals surface area contributed by atoms with Gasteiger partial charge in [0.15, 0.2) is 0 Å². The second-order valence-electron chi connectivity index (χ2n) is 2.76. The molecule has 0 heterocycles. The summed E-state index contributed by atoms with van der Waals surface area (Å²) in [6.07, 6.45) is 1.10. The van der Waals surface area contributed by atoms with Gasteiger partial charge in [-0.05, 0) is 30.0 Å². The van der Waals surface area contributed by atoms with Gasteiger partial charge in [-0.1, -0.05) is 25.1 Å². The molecule has 0 fully saturated rings. The van der Waals surface area contributed by atoms with Crippen molar-refractivity contribution < 1.29 is 0 Å². The molecule has 12 heavy (non-hydrogen) atoms. The van der Waals surface area contributed by atoms with Gasteiger partial charge in [0, 0.05) is 6.54 Å². The van der Waals surface area contributed by atoms with Gasteiger partial charge in [-0.25, -0.2) is 0 Å². The maximum Gasteiger partial charge on any atom is 0.0180 e. The summed E-state index contributed by atoms with van der Waals surface area (Å²) in [5.41, 5.74) is 9.61. The molecule has 0 saturated heterocycles. The van der Waals surface area contributed by atoms with Gasteiger partial charge in [0.05, 0.1) is 0 Å². The summed E-state index contributed by atoms with van der Waals surface area (Å²) in [5, 5.41) is 0. The van der Waals surface area contributed by atoms with Gasteiger partial charge in [0.25, 0.3) is 0 Å². The Morgan fingerprint density at radius 1 is 1.25 bits per heavy atom. The molecular formula is C10H16ClN. The van der Waals surface area contributed by atoms with E-state index >= 15 is 0 Å². The van der Waals surface area contributed by atoms with Crippen molar-refractivity contribution in [1.29, 1.82) is 0 Å². The lowest BCUT2D eigenvalue weighted by Gasteiger charge is -2.06. The third kappa shape index (κ3) is 2.23. The van der Waals surface area contributed by atoms with Crippen molar-refractivity contribution in [3.63, 3.8) is 0 Å². The van der Waals surface area contributed by atoms with Crippen LogP contribution in [0.25, 0.3) is 0 Å². The van der Waals surface area contributed by atoms with Crippen LogP contribution in [0.1, 0.15) is 23.6 Å². The molecule has 0 radical (unpaired) electrons. The minimum absolute atomic E-state index is 0. The summed E-state index contributed by atoms with van der Waals surface area (Å²) in [6, 6.07) is 6.33. The molecule has 1 rings (SSSR count). The summed E-state index contributed by atoms with van der Waals surface area (Å²) in [5.74, 6) is 0. The molecule has 0 aromatic heterocycles. The summed E-state index contributed by atoms with van der Waals surface area (Å²) in [6.45, 7) is 4.96. The fourth-order valence-corrected chi connectivity index (χ4v) is 1.34. The maximum absolute atomic E-state index is 5.57. The largest absolute Gasteiger partial charge is 0.326 e. The second kappa shape index (κ2) is 5.18. The van der Waals surface area contributed by atoms with E-state index in [1.165, 1.54) is 16.7 Å². The van der Waals surface area contributed by atoms with Crippen LogP contribution in [0.4, 0.5) is 0 Å². The van der Waals surface area contributed by atoms with Crippen LogP contribution in [-0.4, -0.2) is 0 Å². The number of nitrogens with two attached hydrogens (primary N) is 1. The molecule has 1 nitrogen and oxygen atoms in total. The summed E-state index contributed by atoms with van der Waals surface area (Å²) >= 11 is 0. The second-order valence-corrected chi connectivity index (χ2v) is 2.76. The molecule has 0 unspecified atom stereocenters. The summed E-state index contributed by atoms with van der Waals surface area (Å²) < 4.78 is 0. The number of benzene rings is 1. The molecule has 0 spiro atoms. The first-order valence-corrected chi connectivity index (χ1v) is 4.07. The van der Waals surface area contributed by atoms with Crippen molar-refractivity contribution in [1.82, 2.24) is 0 Å². The molecule has 0 bridgehead atoms. The number of hydrogen-bond acceptors (Lipinski definition) is 1. The van der Waals surface area contributed by atoms with Gasteiger partial charge in [0.1, 0.15) is 0 Å². The molecule has 0 amide bonds. The third-order valence-corrected chi connectivity index (χ3v) is 2.16. The van der Waals surface area contributed by atoms with Crippen LogP contribution in [0.5, 0.6) is 0 Å². The van der Waals surface area contributed by atoms with Crippen LogP contribution in [0, 0.1) is 6.92 Å². The van der Waals surface area contributed by atoms with E-state index in [1.807, 2.05) is 0 Å². The van der Waals surface area contributed by atoms with Crippen LogP contribution in [0.15, 0.2) is 18.2 Å². The Labute approximate surface area is 80.4 Å². The molecule has 0 aliphatic rings. The first-order chi connectivity index (χ1) is 5.29. The average Bonchev–Trinajstić information content (AvgIpc) is 2.05. The zero-order chi connectivity index (χ0) is 8.27. The highest BCUT2D eigenvalue weighted by Gasteiger charge is 1.98. The molecule has 2 N–H and O–H groups in total. The Balaban J connectivity index is 0.00000121. The van der Waals surface area contributed by atoms with Gasteiger partial charge in [-0.3, -0.25) is 0 Å². The lowest BCUT2D eigenvalue weighted by atomic mass is 10.0. The lowest BCUT2D eigenvalue weighted by Crippen LogP contribution is -2.00. The first kappa shape index (κ1) is 11.5. The fraction of sp³-hybridized carbons (Fsp3) is 0.400. The molecule has 0 atom stereocenters. The van der Waals surface area contributed by atoms with Crippen molar-refractivity contribution in [2.24, 2.45) is 5.73 Å². The lowest BCUT2D eigenvalue weighted by molar-refractivity contribution is 1.01. The van der Waals surface area contributed by atoms with Crippen LogP contribution >= 0.6 is 12.4 Å². The van der Waals surface area contributed by atoms with Crippen LogP contribution in [-0.2, 0) is 13.0 Å². The molecular weight excluding hydrogens is 170 g/mol. The van der Waals surface area contributed by atoms with E-state index in [1.54, 1.807) is 0 Å². The Bertz CT molecular complexity index is 223. The van der Waals surface area contributed by atoms with E-state index in [4.69, 9.17) is 5.73 Å². The Morgan fingerprint density at radius 3 is 2.33 bits per heavy atom. The predicted molar refractivity (Wildman–Crippen MR) is 55.7 cm³/mol. The third-order valence-electron chi connectivity index (χ3n) is 2.16. The van der Waals surface area contributed by atoms with Crippen LogP contribution < -0.4 is 5.73 Å². The molecule has 1 aromatic carbocycles. The van der Waals surface area contributed by atoms with Gasteiger partial charge < -0.3 is 5.73 Å². The van der Waals surface area contributed by atoms with Crippen molar-refractivity contribution >= 4 is 12.4 Å². The van der Waals surface area contributed by atoms with Crippen LogP contribution in [0.2, 0.25) is 0 Å². The van der Waals surface area contributed by atoms with E-state index in [0.29, 0.717) is 6.54 Å². The summed E-state index contributed by atoms with van der Waals surface area (Å²) in [7, 11) is 0. The number of halogens is 1. The Hall–Kier alpha value is -0.530. The maximum atomic E-state index is 5.57. The standard InChI is InChI=1S/C10H15N.ClH/c1-3-9-5-4-6-10(7-11)8(9)2;/h4-6H,3,7,11H2,1-2H3;1H. The van der Waals surface area contributed by atoms with Gasteiger partial charge in [-0.15, -0.1) is 12.4 Å². The van der Waals surface area contributed by atoms with Crippen molar-refractivity contribution in [3.05, 3.63) is 34.9 Å². The monoisotopic (exact) mass is 185 g/mol. The highest BCUT2D eigenvalue weighted by atomic mass is 35.5. The van der Waals surface area contributed by atoms with Gasteiger partial charge in [-0.2, -0.15) is 0 Å². The van der Waals surface area contributed by atoms with Crippen molar-refractivity contribution in [2.45, 2.75) is 26.8 Å². The fourth-order valence-electron chi connectivity index (χ4n) is 1.34. The molecule has 0 saturated carbocycles. The van der Waals surface area contributed by atoms with Crippen LogP contribution in [0.3, 0.4) is 0 Å². The van der Waals surface area contributed by atoms with Crippen molar-refractivity contribution in [2.75, 3.05) is 0 Å². The molecule has 2 heteroatoms. The highest BCUT2D eigenvalue weighted by molar-refractivity contribution is 5.85. The topological polar surface area (TPSA) is 26.0 Å². The molecule has 68 valence electrons. The Morgan fingerprint density at radius 2 is 1.83 bits per heavy atom. The van der Waals surface area contributed by atoms with Crippen molar-refractivity contribution in [3.8, 4) is 0 Å². The van der Waals surface area contributed by atoms with E-state index in [-0.39, 0.29) is 12.4 Å². The smallest absolute Gasteiger partial charge is 0.0180 e. The zero-order valence-corrected chi connectivity index (χ0v) is 8.45. The van der Waals surface area contributed by atoms with E-state index < -0.39 is 0 Å². The first-order valence-electron chi connectivity index (χ1n) is 4.07. The van der Waals surface area contributed by atoms with E-state index in [9.17, 15) is 0 Å². The summed E-state index contributed by atoms with van der Waals surface area (Å²) in [4.78, 5) is 0. The average molecular weight is 186 g/mol. The van der Waals surface area contributed by atoms with Gasteiger partial charge >= 0.3 is 0 Å². The normalized spacial score (nSPS) is 9.25. The molecule has 1 aromatic rings. The minimum Gasteiger partial charge on any atom is -0.326 e. The number of hydrogen-bond donors (Lipinski definition) is 1. The number of rotatable bonds is 2. The van der Waals surface area contributed by atoms with Gasteiger partial charge in [0.2, 0.25) is 0 Å². The molecule has 0 aliphatic heterocycles. The quantitative estimate of drug-likeness (QED) is 0.753. The highest BCUT2D eigenvalue weighted by Crippen LogP contribution is 2.13. The minimum atomic E-state index is 0. The Kier molecular flexibility index (Phi) is 4.95. The van der Waals surface area contributed by atoms with E-state index in [2.05, 4.69) is 32.0 Å². The predicted octanol–water partition coefficient (Wildman–Crippen LogP) is 2.44. The zero-order valence-electron chi connectivity index (χ0n) is 7.63. The molecule has 0 aliphatic carbocycles. The number of aryl methyl sites for hydroxylation is 1.